The van der Waals surface area contributed by atoms with Gasteiger partial charge in [0.25, 0.3) is 5.91 Å². The Kier molecular flexibility index (Phi) is 4.06. The lowest BCUT2D eigenvalue weighted by atomic mass is 10.2. The number of aromatic nitrogens is 4. The van der Waals surface area contributed by atoms with Crippen molar-refractivity contribution >= 4 is 23.1 Å². The third-order valence-electron chi connectivity index (χ3n) is 3.13. The van der Waals surface area contributed by atoms with Crippen LogP contribution in [0.2, 0.25) is 0 Å². The van der Waals surface area contributed by atoms with Crippen LogP contribution in [0.1, 0.15) is 21.1 Å². The van der Waals surface area contributed by atoms with Crippen LogP contribution < -0.4 is 5.32 Å². The molecule has 0 atom stereocenters. The number of alkyl halides is 3. The third-order valence-corrected chi connectivity index (χ3v) is 3.95. The topological polar surface area (TPSA) is 72.7 Å². The summed E-state index contributed by atoms with van der Waals surface area (Å²) in [6.45, 7) is 1.68. The summed E-state index contributed by atoms with van der Waals surface area (Å²) in [5.74, 6) is -0.339. The summed E-state index contributed by atoms with van der Waals surface area (Å²) in [6.07, 6.45) is -3.26. The molecule has 1 N–H and O–H groups in total. The minimum absolute atomic E-state index is 0.339. The van der Waals surface area contributed by atoms with Crippen molar-refractivity contribution in [3.05, 3.63) is 52.8 Å². The fraction of sp³-hybridized carbons (Fsp3) is 0.143. The predicted octanol–water partition coefficient (Wildman–Crippen LogP) is 3.30. The standard InChI is InChI=1S/C14H10F3N5OS/c1-8-12(24-21-19-8)13(23)18-9-2-4-10(5-3-9)22-7-6-11(20-22)14(15,16)17/h2-7H,1H3,(H,18,23). The molecular formula is C14H10F3N5OS. The predicted molar refractivity (Wildman–Crippen MR) is 81.2 cm³/mol. The molecule has 0 saturated carbocycles. The molecule has 2 heterocycles. The summed E-state index contributed by atoms with van der Waals surface area (Å²) < 4.78 is 42.5. The lowest BCUT2D eigenvalue weighted by Crippen LogP contribution is -2.11. The zero-order valence-electron chi connectivity index (χ0n) is 12.2. The minimum atomic E-state index is -4.49. The van der Waals surface area contributed by atoms with E-state index >= 15 is 0 Å². The number of nitrogens with zero attached hydrogens (tertiary/aromatic N) is 4. The Morgan fingerprint density at radius 2 is 1.92 bits per heavy atom. The van der Waals surface area contributed by atoms with Gasteiger partial charge in [-0.2, -0.15) is 18.3 Å². The van der Waals surface area contributed by atoms with E-state index in [4.69, 9.17) is 0 Å². The Balaban J connectivity index is 1.75. The lowest BCUT2D eigenvalue weighted by molar-refractivity contribution is -0.141. The van der Waals surface area contributed by atoms with Crippen LogP contribution in [0.15, 0.2) is 36.5 Å². The van der Waals surface area contributed by atoms with Crippen LogP contribution in [0.5, 0.6) is 0 Å². The molecule has 0 bridgehead atoms. The lowest BCUT2D eigenvalue weighted by Gasteiger charge is -2.06. The maximum absolute atomic E-state index is 12.6. The van der Waals surface area contributed by atoms with E-state index in [0.717, 1.165) is 22.3 Å². The number of carbonyl (C=O) groups excluding carboxylic acids is 1. The first kappa shape index (κ1) is 16.1. The second-order valence-corrected chi connectivity index (χ2v) is 5.59. The first-order valence-corrected chi connectivity index (χ1v) is 7.45. The molecule has 0 radical (unpaired) electrons. The van der Waals surface area contributed by atoms with Gasteiger partial charge in [-0.25, -0.2) is 4.68 Å². The number of nitrogens with one attached hydrogen (secondary N) is 1. The van der Waals surface area contributed by atoms with E-state index in [1.807, 2.05) is 0 Å². The van der Waals surface area contributed by atoms with Gasteiger partial charge in [-0.3, -0.25) is 4.79 Å². The molecule has 10 heteroatoms. The van der Waals surface area contributed by atoms with Gasteiger partial charge in [0.1, 0.15) is 4.88 Å². The van der Waals surface area contributed by atoms with E-state index in [1.54, 1.807) is 31.2 Å². The Labute approximate surface area is 138 Å². The molecule has 2 aromatic heterocycles. The number of benzene rings is 1. The Hall–Kier alpha value is -2.75. The van der Waals surface area contributed by atoms with Crippen molar-refractivity contribution in [1.29, 1.82) is 0 Å². The van der Waals surface area contributed by atoms with E-state index in [-0.39, 0.29) is 5.91 Å². The molecule has 24 heavy (non-hydrogen) atoms. The maximum atomic E-state index is 12.6. The highest BCUT2D eigenvalue weighted by Gasteiger charge is 2.33. The highest BCUT2D eigenvalue weighted by atomic mass is 32.1. The van der Waals surface area contributed by atoms with Crippen molar-refractivity contribution in [2.75, 3.05) is 5.32 Å². The van der Waals surface area contributed by atoms with Crippen molar-refractivity contribution in [3.8, 4) is 5.69 Å². The number of halogens is 3. The van der Waals surface area contributed by atoms with Gasteiger partial charge in [0.15, 0.2) is 5.69 Å². The number of rotatable bonds is 3. The van der Waals surface area contributed by atoms with Gasteiger partial charge in [-0.1, -0.05) is 4.49 Å². The van der Waals surface area contributed by atoms with E-state index in [2.05, 4.69) is 20.0 Å². The Morgan fingerprint density at radius 1 is 1.21 bits per heavy atom. The van der Waals surface area contributed by atoms with Gasteiger partial charge in [0, 0.05) is 11.9 Å². The van der Waals surface area contributed by atoms with Gasteiger partial charge in [0.05, 0.1) is 11.4 Å². The summed E-state index contributed by atoms with van der Waals surface area (Å²) in [7, 11) is 0. The van der Waals surface area contributed by atoms with Crippen LogP contribution >= 0.6 is 11.5 Å². The van der Waals surface area contributed by atoms with Crippen molar-refractivity contribution in [2.45, 2.75) is 13.1 Å². The molecule has 3 rings (SSSR count). The van der Waals surface area contributed by atoms with Crippen LogP contribution in [-0.2, 0) is 6.18 Å². The molecule has 0 spiro atoms. The SMILES string of the molecule is Cc1nnsc1C(=O)Nc1ccc(-n2ccc(C(F)(F)F)n2)cc1. The highest BCUT2D eigenvalue weighted by Crippen LogP contribution is 2.28. The summed E-state index contributed by atoms with van der Waals surface area (Å²) in [4.78, 5) is 12.4. The molecule has 0 fully saturated rings. The number of hydrogen-bond donors (Lipinski definition) is 1. The molecule has 1 aromatic carbocycles. The number of aryl methyl sites for hydroxylation is 1. The van der Waals surface area contributed by atoms with E-state index in [0.29, 0.717) is 21.9 Å². The van der Waals surface area contributed by atoms with Crippen molar-refractivity contribution in [2.24, 2.45) is 0 Å². The Bertz CT molecular complexity index is 869. The largest absolute Gasteiger partial charge is 0.435 e. The fourth-order valence-electron chi connectivity index (χ4n) is 1.94. The molecule has 3 aromatic rings. The average molecular weight is 353 g/mol. The monoisotopic (exact) mass is 353 g/mol. The van der Waals surface area contributed by atoms with Crippen molar-refractivity contribution in [3.63, 3.8) is 0 Å². The quantitative estimate of drug-likeness (QED) is 0.784. The molecule has 0 aliphatic heterocycles. The van der Waals surface area contributed by atoms with Gasteiger partial charge in [-0.05, 0) is 48.8 Å². The number of carbonyl (C=O) groups is 1. The van der Waals surface area contributed by atoms with Crippen LogP contribution in [0.4, 0.5) is 18.9 Å². The smallest absolute Gasteiger partial charge is 0.321 e. The Morgan fingerprint density at radius 3 is 2.46 bits per heavy atom. The summed E-state index contributed by atoms with van der Waals surface area (Å²) in [5, 5.41) is 9.92. The second-order valence-electron chi connectivity index (χ2n) is 4.83. The van der Waals surface area contributed by atoms with Crippen molar-refractivity contribution in [1.82, 2.24) is 19.4 Å². The molecule has 6 nitrogen and oxygen atoms in total. The van der Waals surface area contributed by atoms with Crippen molar-refractivity contribution < 1.29 is 18.0 Å². The highest BCUT2D eigenvalue weighted by molar-refractivity contribution is 7.08. The first-order valence-electron chi connectivity index (χ1n) is 6.68. The zero-order chi connectivity index (χ0) is 17.3. The van der Waals surface area contributed by atoms with Gasteiger partial charge in [-0.15, -0.1) is 5.10 Å². The molecular weight excluding hydrogens is 343 g/mol. The maximum Gasteiger partial charge on any atom is 0.435 e. The number of amides is 1. The summed E-state index contributed by atoms with van der Waals surface area (Å²) in [6, 6.07) is 7.16. The molecule has 124 valence electrons. The summed E-state index contributed by atoms with van der Waals surface area (Å²) >= 11 is 0.988. The van der Waals surface area contributed by atoms with Gasteiger partial charge < -0.3 is 5.32 Å². The van der Waals surface area contributed by atoms with Gasteiger partial charge in [0.2, 0.25) is 0 Å². The van der Waals surface area contributed by atoms with Crippen LogP contribution in [0.25, 0.3) is 5.69 Å². The van der Waals surface area contributed by atoms with E-state index < -0.39 is 11.9 Å². The zero-order valence-corrected chi connectivity index (χ0v) is 13.0. The van der Waals surface area contributed by atoms with Gasteiger partial charge >= 0.3 is 6.18 Å². The van der Waals surface area contributed by atoms with Crippen LogP contribution in [-0.4, -0.2) is 25.3 Å². The minimum Gasteiger partial charge on any atom is -0.321 e. The number of anilines is 1. The van der Waals surface area contributed by atoms with E-state index in [1.165, 1.54) is 6.20 Å². The molecule has 0 unspecified atom stereocenters. The molecule has 0 aliphatic rings. The normalized spacial score (nSPS) is 11.5. The van der Waals surface area contributed by atoms with E-state index in [9.17, 15) is 18.0 Å². The number of hydrogen-bond acceptors (Lipinski definition) is 5. The van der Waals surface area contributed by atoms with Crippen LogP contribution in [0, 0.1) is 6.92 Å². The fourth-order valence-corrected chi connectivity index (χ4v) is 2.50. The average Bonchev–Trinajstić information content (AvgIpc) is 3.16. The third kappa shape index (κ3) is 3.27. The van der Waals surface area contributed by atoms with Crippen LogP contribution in [0.3, 0.4) is 0 Å². The second kappa shape index (κ2) is 6.04. The summed E-state index contributed by atoms with van der Waals surface area (Å²) in [5.41, 5.74) is 0.511. The molecule has 0 aliphatic carbocycles. The first-order chi connectivity index (χ1) is 11.3. The molecule has 1 amide bonds. The molecule has 0 saturated heterocycles.